The van der Waals surface area contributed by atoms with Crippen LogP contribution in [0.3, 0.4) is 0 Å². The summed E-state index contributed by atoms with van der Waals surface area (Å²) in [6.45, 7) is 0.943. The van der Waals surface area contributed by atoms with Gasteiger partial charge in [0.05, 0.1) is 17.4 Å². The molecule has 2 rings (SSSR count). The van der Waals surface area contributed by atoms with Crippen LogP contribution in [0.1, 0.15) is 10.4 Å². The first-order valence-corrected chi connectivity index (χ1v) is 5.86. The number of para-hydroxylation sites is 1. The standard InChI is InChI=1S/C14H14N2O3/c17-14(18)12-6-7-15-10-13(12)16-8-9-19-11-4-2-1-3-5-11/h1-7,10,16H,8-9H2,(H,17,18). The Labute approximate surface area is 110 Å². The molecule has 98 valence electrons. The molecule has 0 saturated heterocycles. The van der Waals surface area contributed by atoms with Crippen LogP contribution in [-0.4, -0.2) is 29.2 Å². The Kier molecular flexibility index (Phi) is 4.34. The van der Waals surface area contributed by atoms with Crippen LogP contribution in [0.2, 0.25) is 0 Å². The highest BCUT2D eigenvalue weighted by Gasteiger charge is 2.08. The van der Waals surface area contributed by atoms with Gasteiger partial charge in [-0.25, -0.2) is 4.79 Å². The summed E-state index contributed by atoms with van der Waals surface area (Å²) >= 11 is 0. The van der Waals surface area contributed by atoms with Crippen molar-refractivity contribution < 1.29 is 14.6 Å². The molecule has 0 bridgehead atoms. The van der Waals surface area contributed by atoms with Crippen molar-refractivity contribution in [3.63, 3.8) is 0 Å². The van der Waals surface area contributed by atoms with E-state index in [0.29, 0.717) is 18.8 Å². The van der Waals surface area contributed by atoms with Crippen molar-refractivity contribution in [2.45, 2.75) is 0 Å². The minimum Gasteiger partial charge on any atom is -0.492 e. The molecule has 2 aromatic rings. The summed E-state index contributed by atoms with van der Waals surface area (Å²) < 4.78 is 5.50. The summed E-state index contributed by atoms with van der Waals surface area (Å²) in [4.78, 5) is 14.9. The molecule has 0 fully saturated rings. The van der Waals surface area contributed by atoms with Gasteiger partial charge in [-0.15, -0.1) is 0 Å². The molecule has 0 spiro atoms. The van der Waals surface area contributed by atoms with Crippen LogP contribution in [0.15, 0.2) is 48.8 Å². The molecule has 1 aromatic carbocycles. The SMILES string of the molecule is O=C(O)c1ccncc1NCCOc1ccccc1. The lowest BCUT2D eigenvalue weighted by Crippen LogP contribution is -2.14. The maximum absolute atomic E-state index is 11.0. The maximum atomic E-state index is 11.0. The van der Waals surface area contributed by atoms with Crippen LogP contribution < -0.4 is 10.1 Å². The molecule has 19 heavy (non-hydrogen) atoms. The molecule has 1 heterocycles. The summed E-state index contributed by atoms with van der Waals surface area (Å²) in [5.74, 6) is -0.192. The van der Waals surface area contributed by atoms with Gasteiger partial charge in [0, 0.05) is 12.7 Å². The zero-order valence-electron chi connectivity index (χ0n) is 10.2. The van der Waals surface area contributed by atoms with Gasteiger partial charge in [0.2, 0.25) is 0 Å². The van der Waals surface area contributed by atoms with Crippen molar-refractivity contribution in [2.75, 3.05) is 18.5 Å². The van der Waals surface area contributed by atoms with Gasteiger partial charge >= 0.3 is 5.97 Å². The number of aromatic nitrogens is 1. The zero-order chi connectivity index (χ0) is 13.5. The number of anilines is 1. The molecule has 2 N–H and O–H groups in total. The van der Waals surface area contributed by atoms with Gasteiger partial charge < -0.3 is 15.2 Å². The smallest absolute Gasteiger partial charge is 0.337 e. The molecule has 0 saturated carbocycles. The first-order chi connectivity index (χ1) is 9.27. The number of nitrogens with one attached hydrogen (secondary N) is 1. The van der Waals surface area contributed by atoms with Crippen LogP contribution in [0, 0.1) is 0 Å². The second kappa shape index (κ2) is 6.39. The molecule has 5 nitrogen and oxygen atoms in total. The van der Waals surface area contributed by atoms with Crippen molar-refractivity contribution >= 4 is 11.7 Å². The van der Waals surface area contributed by atoms with E-state index in [2.05, 4.69) is 10.3 Å². The van der Waals surface area contributed by atoms with Crippen molar-refractivity contribution in [1.29, 1.82) is 0 Å². The summed E-state index contributed by atoms with van der Waals surface area (Å²) in [7, 11) is 0. The number of aromatic carboxylic acids is 1. The van der Waals surface area contributed by atoms with Gasteiger partial charge in [-0.3, -0.25) is 4.98 Å². The van der Waals surface area contributed by atoms with Gasteiger partial charge in [0.1, 0.15) is 12.4 Å². The van der Waals surface area contributed by atoms with E-state index < -0.39 is 5.97 Å². The number of hydrogen-bond donors (Lipinski definition) is 2. The predicted octanol–water partition coefficient (Wildman–Crippen LogP) is 2.27. The molecule has 0 unspecified atom stereocenters. The topological polar surface area (TPSA) is 71.5 Å². The first-order valence-electron chi connectivity index (χ1n) is 5.86. The van der Waals surface area contributed by atoms with Crippen molar-refractivity contribution in [3.05, 3.63) is 54.4 Å². The van der Waals surface area contributed by atoms with Gasteiger partial charge in [-0.1, -0.05) is 18.2 Å². The number of nitrogens with zero attached hydrogens (tertiary/aromatic N) is 1. The van der Waals surface area contributed by atoms with E-state index in [0.717, 1.165) is 5.75 Å². The number of carboxylic acids is 1. The number of benzene rings is 1. The highest BCUT2D eigenvalue weighted by molar-refractivity contribution is 5.93. The number of carbonyl (C=O) groups is 1. The third-order valence-corrected chi connectivity index (χ3v) is 2.48. The van der Waals surface area contributed by atoms with Crippen molar-refractivity contribution in [2.24, 2.45) is 0 Å². The lowest BCUT2D eigenvalue weighted by atomic mass is 10.2. The van der Waals surface area contributed by atoms with E-state index in [1.165, 1.54) is 18.5 Å². The van der Waals surface area contributed by atoms with E-state index in [-0.39, 0.29) is 5.56 Å². The molecule has 0 atom stereocenters. The van der Waals surface area contributed by atoms with E-state index >= 15 is 0 Å². The minimum atomic E-state index is -0.978. The van der Waals surface area contributed by atoms with Crippen LogP contribution in [0.5, 0.6) is 5.75 Å². The first kappa shape index (κ1) is 12.9. The fourth-order valence-electron chi connectivity index (χ4n) is 1.59. The Morgan fingerprint density at radius 2 is 2.05 bits per heavy atom. The number of carboxylic acid groups (broad SMARTS) is 1. The summed E-state index contributed by atoms with van der Waals surface area (Å²) in [5.41, 5.74) is 0.696. The largest absolute Gasteiger partial charge is 0.492 e. The van der Waals surface area contributed by atoms with Crippen LogP contribution in [0.4, 0.5) is 5.69 Å². The van der Waals surface area contributed by atoms with E-state index in [1.54, 1.807) is 0 Å². The number of ether oxygens (including phenoxy) is 1. The Bertz CT molecular complexity index is 543. The van der Waals surface area contributed by atoms with Gasteiger partial charge in [-0.2, -0.15) is 0 Å². The van der Waals surface area contributed by atoms with E-state index in [4.69, 9.17) is 9.84 Å². The molecule has 5 heteroatoms. The van der Waals surface area contributed by atoms with Crippen LogP contribution >= 0.6 is 0 Å². The van der Waals surface area contributed by atoms with Crippen molar-refractivity contribution in [3.8, 4) is 5.75 Å². The number of pyridine rings is 1. The average Bonchev–Trinajstić information content (AvgIpc) is 2.45. The summed E-state index contributed by atoms with van der Waals surface area (Å²) in [5, 5.41) is 12.0. The second-order valence-electron chi connectivity index (χ2n) is 3.81. The van der Waals surface area contributed by atoms with E-state index in [9.17, 15) is 4.79 Å². The van der Waals surface area contributed by atoms with Gasteiger partial charge in [-0.05, 0) is 18.2 Å². The fraction of sp³-hybridized carbons (Fsp3) is 0.143. The average molecular weight is 258 g/mol. The molecule has 0 aliphatic rings. The summed E-state index contributed by atoms with van der Waals surface area (Å²) in [6, 6.07) is 10.9. The highest BCUT2D eigenvalue weighted by atomic mass is 16.5. The Balaban J connectivity index is 1.85. The third kappa shape index (κ3) is 3.70. The second-order valence-corrected chi connectivity index (χ2v) is 3.81. The molecule has 0 radical (unpaired) electrons. The third-order valence-electron chi connectivity index (χ3n) is 2.48. The lowest BCUT2D eigenvalue weighted by Gasteiger charge is -2.10. The normalized spacial score (nSPS) is 9.89. The Hall–Kier alpha value is -2.56. The van der Waals surface area contributed by atoms with Gasteiger partial charge in [0.15, 0.2) is 0 Å². The molecule has 0 aliphatic carbocycles. The summed E-state index contributed by atoms with van der Waals surface area (Å²) in [6.07, 6.45) is 2.95. The van der Waals surface area contributed by atoms with Gasteiger partial charge in [0.25, 0.3) is 0 Å². The quantitative estimate of drug-likeness (QED) is 0.778. The minimum absolute atomic E-state index is 0.203. The maximum Gasteiger partial charge on any atom is 0.337 e. The molecule has 1 aromatic heterocycles. The predicted molar refractivity (Wildman–Crippen MR) is 71.6 cm³/mol. The van der Waals surface area contributed by atoms with Crippen molar-refractivity contribution in [1.82, 2.24) is 4.98 Å². The molecule has 0 amide bonds. The van der Waals surface area contributed by atoms with Crippen LogP contribution in [0.25, 0.3) is 0 Å². The zero-order valence-corrected chi connectivity index (χ0v) is 10.2. The number of hydrogen-bond acceptors (Lipinski definition) is 4. The molecule has 0 aliphatic heterocycles. The monoisotopic (exact) mass is 258 g/mol. The molecular weight excluding hydrogens is 244 g/mol. The fourth-order valence-corrected chi connectivity index (χ4v) is 1.59. The Morgan fingerprint density at radius 1 is 1.26 bits per heavy atom. The highest BCUT2D eigenvalue weighted by Crippen LogP contribution is 2.13. The van der Waals surface area contributed by atoms with E-state index in [1.807, 2.05) is 30.3 Å². The number of rotatable bonds is 6. The van der Waals surface area contributed by atoms with Crippen LogP contribution in [-0.2, 0) is 0 Å². The molecular formula is C14H14N2O3. The lowest BCUT2D eigenvalue weighted by molar-refractivity contribution is 0.0697. The Morgan fingerprint density at radius 3 is 2.79 bits per heavy atom.